The van der Waals surface area contributed by atoms with Gasteiger partial charge in [0.2, 0.25) is 5.91 Å². The van der Waals surface area contributed by atoms with Gasteiger partial charge in [0.05, 0.1) is 32.1 Å². The molecule has 164 valence electrons. The van der Waals surface area contributed by atoms with Gasteiger partial charge in [-0.25, -0.2) is 9.67 Å². The van der Waals surface area contributed by atoms with Gasteiger partial charge in [-0.1, -0.05) is 18.2 Å². The van der Waals surface area contributed by atoms with Crippen molar-refractivity contribution in [3.8, 4) is 17.2 Å². The van der Waals surface area contributed by atoms with Crippen LogP contribution in [0.4, 0.5) is 0 Å². The van der Waals surface area contributed by atoms with Crippen molar-refractivity contribution < 1.29 is 14.3 Å². The maximum atomic E-state index is 12.9. The first-order valence-corrected chi connectivity index (χ1v) is 10.0. The number of hydrogen-bond donors (Lipinski definition) is 1. The monoisotopic (exact) mass is 433 g/mol. The highest BCUT2D eigenvalue weighted by atomic mass is 16.5. The second-order valence-electron chi connectivity index (χ2n) is 7.20. The average molecular weight is 433 g/mol. The largest absolute Gasteiger partial charge is 0.497 e. The molecule has 2 aromatic heterocycles. The van der Waals surface area contributed by atoms with Gasteiger partial charge in [-0.15, -0.1) is 0 Å². The molecule has 1 atom stereocenters. The van der Waals surface area contributed by atoms with Gasteiger partial charge in [-0.3, -0.25) is 14.2 Å². The Morgan fingerprint density at radius 2 is 1.91 bits per heavy atom. The van der Waals surface area contributed by atoms with Crippen LogP contribution in [0.15, 0.2) is 65.8 Å². The number of aromatic nitrogens is 4. The number of ether oxygens (including phenoxy) is 2. The second-order valence-corrected chi connectivity index (χ2v) is 7.20. The third-order valence-electron chi connectivity index (χ3n) is 5.15. The van der Waals surface area contributed by atoms with Gasteiger partial charge in [0, 0.05) is 5.56 Å². The van der Waals surface area contributed by atoms with Crippen molar-refractivity contribution in [2.24, 2.45) is 0 Å². The molecule has 0 aliphatic heterocycles. The van der Waals surface area contributed by atoms with E-state index in [9.17, 15) is 9.59 Å². The summed E-state index contributed by atoms with van der Waals surface area (Å²) in [7, 11) is 3.14. The summed E-state index contributed by atoms with van der Waals surface area (Å²) >= 11 is 0. The van der Waals surface area contributed by atoms with Crippen LogP contribution in [-0.4, -0.2) is 39.5 Å². The maximum Gasteiger partial charge on any atom is 0.264 e. The van der Waals surface area contributed by atoms with Crippen molar-refractivity contribution in [2.75, 3.05) is 14.2 Å². The average Bonchev–Trinajstić information content (AvgIpc) is 3.26. The number of nitrogens with one attached hydrogen (secondary N) is 1. The van der Waals surface area contributed by atoms with Crippen LogP contribution in [0, 0.1) is 0 Å². The molecule has 2 aromatic carbocycles. The number of hydrogen-bond acceptors (Lipinski definition) is 6. The van der Waals surface area contributed by atoms with E-state index < -0.39 is 0 Å². The number of benzene rings is 2. The van der Waals surface area contributed by atoms with Crippen molar-refractivity contribution in [1.82, 2.24) is 24.6 Å². The molecule has 0 bridgehead atoms. The fourth-order valence-corrected chi connectivity index (χ4v) is 3.52. The van der Waals surface area contributed by atoms with E-state index in [0.717, 1.165) is 11.3 Å². The van der Waals surface area contributed by atoms with Gasteiger partial charge >= 0.3 is 0 Å². The Morgan fingerprint density at radius 3 is 2.62 bits per heavy atom. The number of fused-ring (bicyclic) bond motifs is 1. The van der Waals surface area contributed by atoms with Gasteiger partial charge in [0.25, 0.3) is 5.56 Å². The second kappa shape index (κ2) is 8.93. The van der Waals surface area contributed by atoms with Crippen molar-refractivity contribution in [3.63, 3.8) is 0 Å². The Balaban J connectivity index is 1.54. The van der Waals surface area contributed by atoms with Crippen LogP contribution in [0.25, 0.3) is 16.7 Å². The van der Waals surface area contributed by atoms with Gasteiger partial charge in [-0.2, -0.15) is 5.10 Å². The zero-order valence-electron chi connectivity index (χ0n) is 18.0. The topological polar surface area (TPSA) is 100 Å². The SMILES string of the molecule is COc1ccc(OC)c([C@@H](C)NC(=O)Cn2cnc3c(cnn3-c3ccccc3)c2=O)c1. The first-order chi connectivity index (χ1) is 15.5. The molecule has 1 N–H and O–H groups in total. The first-order valence-electron chi connectivity index (χ1n) is 10.0. The number of carbonyl (C=O) groups is 1. The third kappa shape index (κ3) is 4.04. The molecule has 0 saturated carbocycles. The Morgan fingerprint density at radius 1 is 1.12 bits per heavy atom. The number of amides is 1. The standard InChI is InChI=1S/C23H23N5O4/c1-15(18-11-17(31-2)9-10-20(18)32-3)26-21(29)13-27-14-24-22-19(23(27)30)12-25-28(22)16-7-5-4-6-8-16/h4-12,14-15H,13H2,1-3H3,(H,26,29)/t15-/m1/s1. The molecule has 0 unspecified atom stereocenters. The van der Waals surface area contributed by atoms with Crippen LogP contribution in [0.2, 0.25) is 0 Å². The lowest BCUT2D eigenvalue weighted by molar-refractivity contribution is -0.122. The van der Waals surface area contributed by atoms with E-state index in [0.29, 0.717) is 22.5 Å². The zero-order chi connectivity index (χ0) is 22.7. The lowest BCUT2D eigenvalue weighted by Gasteiger charge is -2.18. The van der Waals surface area contributed by atoms with Gasteiger partial charge in [0.15, 0.2) is 5.65 Å². The molecule has 0 aliphatic rings. The summed E-state index contributed by atoms with van der Waals surface area (Å²) in [5.74, 6) is 0.955. The lowest BCUT2D eigenvalue weighted by atomic mass is 10.1. The molecule has 32 heavy (non-hydrogen) atoms. The highest BCUT2D eigenvalue weighted by molar-refractivity contribution is 5.78. The maximum absolute atomic E-state index is 12.9. The van der Waals surface area contributed by atoms with Crippen LogP contribution in [0.5, 0.6) is 11.5 Å². The highest BCUT2D eigenvalue weighted by Gasteiger charge is 2.17. The Kier molecular flexibility index (Phi) is 5.89. The number of carbonyl (C=O) groups excluding carboxylic acids is 1. The predicted molar refractivity (Wildman–Crippen MR) is 119 cm³/mol. The van der Waals surface area contributed by atoms with Crippen molar-refractivity contribution >= 4 is 16.9 Å². The van der Waals surface area contributed by atoms with Crippen LogP contribution in [0.1, 0.15) is 18.5 Å². The summed E-state index contributed by atoms with van der Waals surface area (Å²) in [5, 5.41) is 7.52. The smallest absolute Gasteiger partial charge is 0.264 e. The fraction of sp³-hybridized carbons (Fsp3) is 0.217. The van der Waals surface area contributed by atoms with Crippen molar-refractivity contribution in [2.45, 2.75) is 19.5 Å². The molecule has 0 aliphatic carbocycles. The summed E-state index contributed by atoms with van der Waals surface area (Å²) in [5.41, 5.74) is 1.67. The molecule has 9 heteroatoms. The summed E-state index contributed by atoms with van der Waals surface area (Å²) in [6, 6.07) is 14.4. The van der Waals surface area contributed by atoms with Gasteiger partial charge in [0.1, 0.15) is 29.8 Å². The van der Waals surface area contributed by atoms with E-state index in [1.54, 1.807) is 31.0 Å². The van der Waals surface area contributed by atoms with E-state index in [1.807, 2.05) is 43.3 Å². The normalized spacial score (nSPS) is 11.8. The van der Waals surface area contributed by atoms with Crippen LogP contribution >= 0.6 is 0 Å². The molecule has 9 nitrogen and oxygen atoms in total. The molecule has 0 saturated heterocycles. The molecule has 0 radical (unpaired) electrons. The number of rotatable bonds is 7. The van der Waals surface area contributed by atoms with Gasteiger partial charge < -0.3 is 14.8 Å². The van der Waals surface area contributed by atoms with Crippen molar-refractivity contribution in [1.29, 1.82) is 0 Å². The predicted octanol–water partition coefficient (Wildman–Crippen LogP) is 2.48. The molecular weight excluding hydrogens is 410 g/mol. The Bertz CT molecular complexity index is 1310. The number of nitrogens with zero attached hydrogens (tertiary/aromatic N) is 4. The van der Waals surface area contributed by atoms with Gasteiger partial charge in [-0.05, 0) is 37.3 Å². The summed E-state index contributed by atoms with van der Waals surface area (Å²) < 4.78 is 13.5. The molecule has 4 aromatic rings. The summed E-state index contributed by atoms with van der Waals surface area (Å²) in [4.78, 5) is 29.9. The van der Waals surface area contributed by atoms with E-state index >= 15 is 0 Å². The fourth-order valence-electron chi connectivity index (χ4n) is 3.52. The minimum atomic E-state index is -0.360. The summed E-state index contributed by atoms with van der Waals surface area (Å²) in [6.45, 7) is 1.66. The lowest BCUT2D eigenvalue weighted by Crippen LogP contribution is -2.34. The van der Waals surface area contributed by atoms with Crippen molar-refractivity contribution in [3.05, 3.63) is 77.0 Å². The van der Waals surface area contributed by atoms with E-state index in [4.69, 9.17) is 9.47 Å². The molecular formula is C23H23N5O4. The summed E-state index contributed by atoms with van der Waals surface area (Å²) in [6.07, 6.45) is 2.83. The van der Waals surface area contributed by atoms with Crippen LogP contribution < -0.4 is 20.3 Å². The molecule has 2 heterocycles. The molecule has 4 rings (SSSR count). The zero-order valence-corrected chi connectivity index (χ0v) is 18.0. The van der Waals surface area contributed by atoms with E-state index in [-0.39, 0.29) is 24.1 Å². The Hall–Kier alpha value is -4.14. The minimum Gasteiger partial charge on any atom is -0.497 e. The quantitative estimate of drug-likeness (QED) is 0.481. The van der Waals surface area contributed by atoms with E-state index in [1.165, 1.54) is 17.1 Å². The van der Waals surface area contributed by atoms with Crippen LogP contribution in [-0.2, 0) is 11.3 Å². The third-order valence-corrected chi connectivity index (χ3v) is 5.15. The van der Waals surface area contributed by atoms with E-state index in [2.05, 4.69) is 15.4 Å². The number of para-hydroxylation sites is 1. The molecule has 1 amide bonds. The molecule has 0 spiro atoms. The molecule has 0 fully saturated rings. The Labute approximate surface area is 184 Å². The highest BCUT2D eigenvalue weighted by Crippen LogP contribution is 2.29. The first kappa shape index (κ1) is 21.1. The number of methoxy groups -OCH3 is 2. The van der Waals surface area contributed by atoms with Crippen LogP contribution in [0.3, 0.4) is 0 Å². The minimum absolute atomic E-state index is 0.172.